The van der Waals surface area contributed by atoms with E-state index in [4.69, 9.17) is 18.9 Å². The van der Waals surface area contributed by atoms with Crippen molar-refractivity contribution in [3.63, 3.8) is 0 Å². The molecule has 0 aliphatic carbocycles. The zero-order valence-corrected chi connectivity index (χ0v) is 39.9. The van der Waals surface area contributed by atoms with Crippen LogP contribution in [0.3, 0.4) is 0 Å². The summed E-state index contributed by atoms with van der Waals surface area (Å²) >= 11 is 0. The minimum absolute atomic E-state index is 0.0547. The standard InChI is InChI=1S/C23H32N4O5S.C21H24FN5O5S/c1-15(2)32-23(28)27-10-8-17(9-11-27)12-19-22(31-4)20(25-14-24-19)13-18-6-7-21(26-16(18)3)33(5,29)30;1-13(2)31-21(28)26-8-6-14(7-9-26)32-20-16-11-25-27(19(16)23-12-24-20)18-5-4-15(10-17(18)22)33(3,29)30/h6-7,14-15,17H,8-13H2,1-5H3;4-5,10-14H,6-9H2,1-3H3. The molecule has 22 heteroatoms. The number of carbonyl (C=O) groups is 2. The van der Waals surface area contributed by atoms with Gasteiger partial charge in [-0.25, -0.2) is 60.4 Å². The second-order valence-electron chi connectivity index (χ2n) is 16.8. The molecular formula is C44H56FN9O10S2. The first kappa shape index (κ1) is 49.4. The quantitative estimate of drug-likeness (QED) is 0.145. The van der Waals surface area contributed by atoms with Gasteiger partial charge in [0.1, 0.15) is 35.6 Å². The van der Waals surface area contributed by atoms with Crippen molar-refractivity contribution in [2.24, 2.45) is 5.92 Å². The number of amides is 2. The molecule has 6 heterocycles. The molecule has 0 N–H and O–H groups in total. The molecule has 66 heavy (non-hydrogen) atoms. The van der Waals surface area contributed by atoms with E-state index in [2.05, 4.69) is 30.0 Å². The van der Waals surface area contributed by atoms with Crippen molar-refractivity contribution < 1.29 is 49.8 Å². The summed E-state index contributed by atoms with van der Waals surface area (Å²) in [6.45, 7) is 11.4. The number of nitrogens with zero attached hydrogens (tertiary/aromatic N) is 9. The fourth-order valence-corrected chi connectivity index (χ4v) is 8.79. The summed E-state index contributed by atoms with van der Waals surface area (Å²) < 4.78 is 85.1. The summed E-state index contributed by atoms with van der Waals surface area (Å²) in [5, 5.41) is 4.76. The summed E-state index contributed by atoms with van der Waals surface area (Å²) in [7, 11) is -5.29. The number of hydrogen-bond acceptors (Lipinski definition) is 16. The predicted octanol–water partition coefficient (Wildman–Crippen LogP) is 5.73. The van der Waals surface area contributed by atoms with Gasteiger partial charge in [-0.2, -0.15) is 5.10 Å². The van der Waals surface area contributed by atoms with Crippen molar-refractivity contribution in [3.8, 4) is 17.3 Å². The first-order valence-electron chi connectivity index (χ1n) is 21.5. The molecule has 0 spiro atoms. The van der Waals surface area contributed by atoms with Crippen molar-refractivity contribution in [2.75, 3.05) is 45.8 Å². The smallest absolute Gasteiger partial charge is 0.410 e. The molecule has 4 aromatic heterocycles. The van der Waals surface area contributed by atoms with E-state index >= 15 is 0 Å². The second kappa shape index (κ2) is 21.1. The van der Waals surface area contributed by atoms with Crippen LogP contribution in [0.5, 0.6) is 11.6 Å². The Morgan fingerprint density at radius 3 is 1.97 bits per heavy atom. The number of likely N-dealkylation sites (tertiary alicyclic amines) is 2. The molecule has 1 aromatic carbocycles. The van der Waals surface area contributed by atoms with Gasteiger partial charge < -0.3 is 28.7 Å². The molecule has 2 aliphatic heterocycles. The lowest BCUT2D eigenvalue weighted by Gasteiger charge is -2.31. The van der Waals surface area contributed by atoms with Gasteiger partial charge in [0.2, 0.25) is 5.88 Å². The third kappa shape index (κ3) is 12.4. The van der Waals surface area contributed by atoms with Crippen molar-refractivity contribution in [1.82, 2.24) is 44.5 Å². The summed E-state index contributed by atoms with van der Waals surface area (Å²) in [5.41, 5.74) is 3.47. The number of aryl methyl sites for hydroxylation is 1. The molecule has 2 saturated heterocycles. The minimum Gasteiger partial charge on any atom is -0.493 e. The van der Waals surface area contributed by atoms with E-state index in [1.54, 1.807) is 43.7 Å². The molecule has 0 unspecified atom stereocenters. The summed E-state index contributed by atoms with van der Waals surface area (Å²) in [6, 6.07) is 6.90. The van der Waals surface area contributed by atoms with Crippen molar-refractivity contribution in [2.45, 2.75) is 101 Å². The van der Waals surface area contributed by atoms with Gasteiger partial charge in [-0.3, -0.25) is 0 Å². The van der Waals surface area contributed by atoms with E-state index in [0.717, 1.165) is 54.8 Å². The van der Waals surface area contributed by atoms with E-state index in [9.17, 15) is 30.8 Å². The number of benzene rings is 1. The van der Waals surface area contributed by atoms with E-state index in [1.165, 1.54) is 41.7 Å². The topological polar surface area (TPSA) is 228 Å². The first-order valence-corrected chi connectivity index (χ1v) is 25.3. The average Bonchev–Trinajstić information content (AvgIpc) is 3.69. The summed E-state index contributed by atoms with van der Waals surface area (Å²) in [5.74, 6) is 0.584. The molecule has 0 atom stereocenters. The Balaban J connectivity index is 0.000000218. The first-order chi connectivity index (χ1) is 31.2. The van der Waals surface area contributed by atoms with E-state index in [-0.39, 0.29) is 46.1 Å². The van der Waals surface area contributed by atoms with Crippen LogP contribution in [0.2, 0.25) is 0 Å². The van der Waals surface area contributed by atoms with Crippen LogP contribution in [0, 0.1) is 18.7 Å². The Hall–Kier alpha value is -6.03. The van der Waals surface area contributed by atoms with Crippen LogP contribution in [-0.2, 0) is 42.0 Å². The van der Waals surface area contributed by atoms with Crippen LogP contribution in [-0.4, -0.2) is 138 Å². The van der Waals surface area contributed by atoms with Gasteiger partial charge in [0.15, 0.2) is 36.1 Å². The fourth-order valence-electron chi connectivity index (χ4n) is 7.54. The number of piperidine rings is 2. The number of fused-ring (bicyclic) bond motifs is 1. The van der Waals surface area contributed by atoms with Gasteiger partial charge in [0, 0.05) is 63.6 Å². The lowest BCUT2D eigenvalue weighted by atomic mass is 9.91. The van der Waals surface area contributed by atoms with Gasteiger partial charge in [-0.15, -0.1) is 0 Å². The highest BCUT2D eigenvalue weighted by Gasteiger charge is 2.28. The van der Waals surface area contributed by atoms with Gasteiger partial charge in [0.25, 0.3) is 0 Å². The van der Waals surface area contributed by atoms with Gasteiger partial charge in [0.05, 0.1) is 41.8 Å². The molecule has 2 fully saturated rings. The zero-order valence-electron chi connectivity index (χ0n) is 38.3. The molecule has 2 aliphatic rings. The Morgan fingerprint density at radius 1 is 0.803 bits per heavy atom. The number of methoxy groups -OCH3 is 1. The highest BCUT2D eigenvalue weighted by atomic mass is 32.2. The molecule has 0 bridgehead atoms. The molecule has 0 saturated carbocycles. The molecular weight excluding hydrogens is 898 g/mol. The van der Waals surface area contributed by atoms with Gasteiger partial charge >= 0.3 is 12.2 Å². The van der Waals surface area contributed by atoms with E-state index in [0.29, 0.717) is 79.7 Å². The lowest BCUT2D eigenvalue weighted by molar-refractivity contribution is 0.0510. The summed E-state index contributed by atoms with van der Waals surface area (Å²) in [4.78, 5) is 49.0. The molecule has 19 nitrogen and oxygen atoms in total. The molecule has 0 radical (unpaired) electrons. The molecule has 2 amide bonds. The van der Waals surface area contributed by atoms with Crippen molar-refractivity contribution >= 4 is 42.9 Å². The predicted molar refractivity (Wildman–Crippen MR) is 240 cm³/mol. The Bertz CT molecular complexity index is 2760. The highest BCUT2D eigenvalue weighted by Crippen LogP contribution is 2.31. The maximum Gasteiger partial charge on any atom is 0.410 e. The number of sulfone groups is 2. The Labute approximate surface area is 383 Å². The number of hydrogen-bond donors (Lipinski definition) is 0. The maximum absolute atomic E-state index is 14.7. The Morgan fingerprint density at radius 2 is 1.41 bits per heavy atom. The average molecular weight is 954 g/mol. The monoisotopic (exact) mass is 953 g/mol. The van der Waals surface area contributed by atoms with Gasteiger partial charge in [-0.05, 0) is 89.6 Å². The van der Waals surface area contributed by atoms with Crippen LogP contribution in [0.25, 0.3) is 16.7 Å². The normalized spacial score (nSPS) is 15.1. The number of pyridine rings is 1. The highest BCUT2D eigenvalue weighted by molar-refractivity contribution is 7.91. The van der Waals surface area contributed by atoms with Crippen molar-refractivity contribution in [3.05, 3.63) is 77.6 Å². The van der Waals surface area contributed by atoms with Gasteiger partial charge in [-0.1, -0.05) is 6.07 Å². The number of ether oxygens (including phenoxy) is 4. The van der Waals surface area contributed by atoms with Crippen LogP contribution in [0.1, 0.15) is 76.0 Å². The third-order valence-electron chi connectivity index (χ3n) is 11.0. The van der Waals surface area contributed by atoms with Crippen LogP contribution < -0.4 is 9.47 Å². The summed E-state index contributed by atoms with van der Waals surface area (Å²) in [6.07, 6.45) is 9.55. The number of rotatable bonds is 12. The number of halogens is 1. The molecule has 7 rings (SSSR count). The lowest BCUT2D eigenvalue weighted by Crippen LogP contribution is -2.42. The number of aromatic nitrogens is 7. The second-order valence-corrected chi connectivity index (χ2v) is 20.8. The van der Waals surface area contributed by atoms with Crippen molar-refractivity contribution in [1.29, 1.82) is 0 Å². The van der Waals surface area contributed by atoms with Crippen LogP contribution >= 0.6 is 0 Å². The van der Waals surface area contributed by atoms with E-state index < -0.39 is 25.5 Å². The largest absolute Gasteiger partial charge is 0.493 e. The molecule has 356 valence electrons. The number of carbonyl (C=O) groups excluding carboxylic acids is 2. The fraction of sp³-hybridized carbons (Fsp3) is 0.500. The minimum atomic E-state index is -3.54. The maximum atomic E-state index is 14.7. The van der Waals surface area contributed by atoms with Crippen LogP contribution in [0.4, 0.5) is 14.0 Å². The third-order valence-corrected chi connectivity index (χ3v) is 13.1. The molecule has 5 aromatic rings. The SMILES string of the molecule is CC(C)OC(=O)N1CCC(Oc2ncnc3c2cnn3-c2ccc(S(C)(=O)=O)cc2F)CC1.COc1c(Cc2ccc(S(C)(=O)=O)nc2C)ncnc1CC1CCN(C(=O)OC(C)C)CC1. The van der Waals surface area contributed by atoms with E-state index in [1.807, 2.05) is 13.8 Å². The Kier molecular flexibility index (Phi) is 15.8. The van der Waals surface area contributed by atoms with Crippen LogP contribution in [0.15, 0.2) is 59.1 Å². The zero-order chi connectivity index (χ0) is 47.9.